The fourth-order valence-corrected chi connectivity index (χ4v) is 2.09. The highest BCUT2D eigenvalue weighted by atomic mass is 16.5. The van der Waals surface area contributed by atoms with Gasteiger partial charge in [0.1, 0.15) is 5.41 Å². The number of carbonyl (C=O) groups is 1. The van der Waals surface area contributed by atoms with Crippen LogP contribution in [0, 0.1) is 5.92 Å². The number of ether oxygens (including phenoxy) is 1. The summed E-state index contributed by atoms with van der Waals surface area (Å²) in [5, 5.41) is 3.97. The lowest BCUT2D eigenvalue weighted by Gasteiger charge is -2.24. The highest BCUT2D eigenvalue weighted by Gasteiger charge is 2.43. The second-order valence-electron chi connectivity index (χ2n) is 5.12. The van der Waals surface area contributed by atoms with E-state index >= 15 is 0 Å². The molecule has 0 N–H and O–H groups in total. The van der Waals surface area contributed by atoms with Crippen molar-refractivity contribution in [2.24, 2.45) is 5.92 Å². The van der Waals surface area contributed by atoms with Crippen molar-refractivity contribution in [3.63, 3.8) is 0 Å². The molecule has 0 fully saturated rings. The Morgan fingerprint density at radius 2 is 1.95 bits per heavy atom. The summed E-state index contributed by atoms with van der Waals surface area (Å²) in [6, 6.07) is 0. The highest BCUT2D eigenvalue weighted by molar-refractivity contribution is 5.81. The summed E-state index contributed by atoms with van der Waals surface area (Å²) in [5.41, 5.74) is -0.807. The molecular formula is C14H24N2O3. The van der Waals surface area contributed by atoms with Crippen molar-refractivity contribution < 1.29 is 14.1 Å². The van der Waals surface area contributed by atoms with Crippen molar-refractivity contribution in [1.82, 2.24) is 10.1 Å². The van der Waals surface area contributed by atoms with Crippen LogP contribution in [0.15, 0.2) is 4.52 Å². The standard InChI is InChI=1S/C14H24N2O3/c1-6-14(7-2,13(17)18-8-3)12-15-11(16-19-12)9-10(4)5/h10H,6-9H2,1-5H3. The predicted molar refractivity (Wildman–Crippen MR) is 71.7 cm³/mol. The Bertz CT molecular complexity index is 409. The van der Waals surface area contributed by atoms with Gasteiger partial charge in [-0.25, -0.2) is 0 Å². The van der Waals surface area contributed by atoms with Gasteiger partial charge in [-0.05, 0) is 25.7 Å². The minimum Gasteiger partial charge on any atom is -0.465 e. The molecule has 5 nitrogen and oxygen atoms in total. The summed E-state index contributed by atoms with van der Waals surface area (Å²) in [5.74, 6) is 1.21. The van der Waals surface area contributed by atoms with Crippen LogP contribution in [-0.4, -0.2) is 22.7 Å². The number of esters is 1. The Morgan fingerprint density at radius 1 is 1.32 bits per heavy atom. The normalized spacial score (nSPS) is 11.9. The summed E-state index contributed by atoms with van der Waals surface area (Å²) in [6.45, 7) is 10.2. The number of hydrogen-bond acceptors (Lipinski definition) is 5. The van der Waals surface area contributed by atoms with Gasteiger partial charge in [-0.3, -0.25) is 4.79 Å². The van der Waals surface area contributed by atoms with Crippen molar-refractivity contribution in [3.8, 4) is 0 Å². The average Bonchev–Trinajstić information content (AvgIpc) is 2.80. The van der Waals surface area contributed by atoms with Gasteiger partial charge in [0, 0.05) is 6.42 Å². The highest BCUT2D eigenvalue weighted by Crippen LogP contribution is 2.32. The smallest absolute Gasteiger partial charge is 0.321 e. The van der Waals surface area contributed by atoms with Gasteiger partial charge in [-0.1, -0.05) is 32.9 Å². The molecule has 0 bridgehead atoms. The Labute approximate surface area is 114 Å². The molecule has 1 aromatic heterocycles. The molecule has 0 amide bonds. The molecule has 1 aromatic rings. The van der Waals surface area contributed by atoms with Gasteiger partial charge in [-0.15, -0.1) is 0 Å². The van der Waals surface area contributed by atoms with Gasteiger partial charge in [0.15, 0.2) is 5.82 Å². The number of aromatic nitrogens is 2. The molecule has 0 aliphatic heterocycles. The molecular weight excluding hydrogens is 244 g/mol. The van der Waals surface area contributed by atoms with Crippen molar-refractivity contribution in [3.05, 3.63) is 11.7 Å². The van der Waals surface area contributed by atoms with E-state index in [0.29, 0.717) is 37.1 Å². The summed E-state index contributed by atoms with van der Waals surface area (Å²) in [4.78, 5) is 16.6. The minimum atomic E-state index is -0.807. The second kappa shape index (κ2) is 6.68. The van der Waals surface area contributed by atoms with Crippen LogP contribution in [0.25, 0.3) is 0 Å². The zero-order chi connectivity index (χ0) is 14.5. The van der Waals surface area contributed by atoms with Gasteiger partial charge in [0.25, 0.3) is 0 Å². The molecule has 0 radical (unpaired) electrons. The first-order valence-corrected chi connectivity index (χ1v) is 7.00. The summed E-state index contributed by atoms with van der Waals surface area (Å²) < 4.78 is 10.5. The second-order valence-corrected chi connectivity index (χ2v) is 5.12. The van der Waals surface area contributed by atoms with Gasteiger partial charge in [0.2, 0.25) is 5.89 Å². The third kappa shape index (κ3) is 3.33. The molecule has 0 aliphatic rings. The van der Waals surface area contributed by atoms with E-state index in [1.165, 1.54) is 0 Å². The molecule has 0 atom stereocenters. The predicted octanol–water partition coefficient (Wildman–Crippen LogP) is 2.89. The van der Waals surface area contributed by atoms with Crippen LogP contribution in [0.3, 0.4) is 0 Å². The molecule has 0 saturated carbocycles. The Hall–Kier alpha value is -1.39. The fraction of sp³-hybridized carbons (Fsp3) is 0.786. The van der Waals surface area contributed by atoms with E-state index in [0.717, 1.165) is 6.42 Å². The third-order valence-corrected chi connectivity index (χ3v) is 3.34. The van der Waals surface area contributed by atoms with E-state index in [-0.39, 0.29) is 5.97 Å². The van der Waals surface area contributed by atoms with Crippen LogP contribution in [0.2, 0.25) is 0 Å². The Kier molecular flexibility index (Phi) is 5.51. The first kappa shape index (κ1) is 15.7. The van der Waals surface area contributed by atoms with E-state index in [4.69, 9.17) is 9.26 Å². The van der Waals surface area contributed by atoms with E-state index in [9.17, 15) is 4.79 Å². The molecule has 0 saturated heterocycles. The summed E-state index contributed by atoms with van der Waals surface area (Å²) >= 11 is 0. The lowest BCUT2D eigenvalue weighted by atomic mass is 9.82. The zero-order valence-corrected chi connectivity index (χ0v) is 12.5. The van der Waals surface area contributed by atoms with Gasteiger partial charge < -0.3 is 9.26 Å². The molecule has 19 heavy (non-hydrogen) atoms. The van der Waals surface area contributed by atoms with Gasteiger partial charge in [-0.2, -0.15) is 4.98 Å². The molecule has 108 valence electrons. The number of hydrogen-bond donors (Lipinski definition) is 0. The maximum atomic E-state index is 12.2. The molecule has 1 rings (SSSR count). The molecule has 0 unspecified atom stereocenters. The zero-order valence-electron chi connectivity index (χ0n) is 12.5. The summed E-state index contributed by atoms with van der Waals surface area (Å²) in [7, 11) is 0. The van der Waals surface area contributed by atoms with Gasteiger partial charge in [0.05, 0.1) is 6.61 Å². The van der Waals surface area contributed by atoms with Crippen molar-refractivity contribution in [1.29, 1.82) is 0 Å². The van der Waals surface area contributed by atoms with Gasteiger partial charge >= 0.3 is 5.97 Å². The summed E-state index contributed by atoms with van der Waals surface area (Å²) in [6.07, 6.45) is 1.92. The molecule has 0 aliphatic carbocycles. The average molecular weight is 268 g/mol. The SMILES string of the molecule is CCOC(=O)C(CC)(CC)c1nc(CC(C)C)no1. The Balaban J connectivity index is 3.04. The van der Waals surface area contributed by atoms with Crippen molar-refractivity contribution in [2.45, 2.75) is 59.3 Å². The number of rotatable bonds is 7. The quantitative estimate of drug-likeness (QED) is 0.711. The van der Waals surface area contributed by atoms with E-state index in [1.807, 2.05) is 13.8 Å². The fourth-order valence-electron chi connectivity index (χ4n) is 2.09. The molecule has 5 heteroatoms. The first-order chi connectivity index (χ1) is 9.00. The minimum absolute atomic E-state index is 0.278. The Morgan fingerprint density at radius 3 is 2.42 bits per heavy atom. The van der Waals surface area contributed by atoms with Crippen LogP contribution in [0.5, 0.6) is 0 Å². The first-order valence-electron chi connectivity index (χ1n) is 7.00. The lowest BCUT2D eigenvalue weighted by Crippen LogP contribution is -2.36. The largest absolute Gasteiger partial charge is 0.465 e. The third-order valence-electron chi connectivity index (χ3n) is 3.34. The molecule has 0 spiro atoms. The van der Waals surface area contributed by atoms with Crippen LogP contribution < -0.4 is 0 Å². The van der Waals surface area contributed by atoms with Crippen molar-refractivity contribution in [2.75, 3.05) is 6.61 Å². The van der Waals surface area contributed by atoms with Crippen LogP contribution in [0.1, 0.15) is 59.2 Å². The number of nitrogens with zero attached hydrogens (tertiary/aromatic N) is 2. The van der Waals surface area contributed by atoms with Crippen LogP contribution >= 0.6 is 0 Å². The number of carbonyl (C=O) groups excluding carboxylic acids is 1. The monoisotopic (exact) mass is 268 g/mol. The topological polar surface area (TPSA) is 65.2 Å². The van der Waals surface area contributed by atoms with E-state index in [1.54, 1.807) is 6.92 Å². The molecule has 0 aromatic carbocycles. The van der Waals surface area contributed by atoms with Crippen LogP contribution in [-0.2, 0) is 21.4 Å². The van der Waals surface area contributed by atoms with E-state index < -0.39 is 5.41 Å². The maximum absolute atomic E-state index is 12.2. The van der Waals surface area contributed by atoms with Crippen molar-refractivity contribution >= 4 is 5.97 Å². The van der Waals surface area contributed by atoms with Crippen LogP contribution in [0.4, 0.5) is 0 Å². The maximum Gasteiger partial charge on any atom is 0.321 e. The lowest BCUT2D eigenvalue weighted by molar-refractivity contribution is -0.151. The molecule has 1 heterocycles. The van der Waals surface area contributed by atoms with E-state index in [2.05, 4.69) is 24.0 Å².